The zero-order valence-electron chi connectivity index (χ0n) is 14.7. The molecule has 0 spiro atoms. The molecule has 23 heavy (non-hydrogen) atoms. The third-order valence-electron chi connectivity index (χ3n) is 8.86. The average Bonchev–Trinajstić information content (AvgIpc) is 2.84. The number of aliphatic hydroxyl groups excluding tert-OH is 1. The molecule has 4 fully saturated rings. The average molecular weight is 318 g/mol. The van der Waals surface area contributed by atoms with Crippen molar-refractivity contribution in [3.8, 4) is 0 Å². The fraction of sp³-hybridized carbons (Fsp3) is 1.00. The van der Waals surface area contributed by atoms with E-state index in [0.717, 1.165) is 42.9 Å². The highest BCUT2D eigenvalue weighted by molar-refractivity contribution is 5.09. The van der Waals surface area contributed by atoms with Crippen LogP contribution in [0, 0.1) is 34.5 Å². The first kappa shape index (κ1) is 15.9. The van der Waals surface area contributed by atoms with Gasteiger partial charge in [-0.1, -0.05) is 13.8 Å². The standard InChI is InChI=1S/C19H32N3O/c1-18-9-7-13(21-22-20)11-12(18)3-4-14-15-5-6-17(23)19(15,2)10-8-16(14)18/h12-17,23H,3-11H2,1-2H3,(H-,20,21)/q-1/t12-,13+,14+,15+,16-,17+,18-,19-/m0/s1. The number of nitrogens with one attached hydrogen (secondary N) is 1. The van der Waals surface area contributed by atoms with Gasteiger partial charge in [0.05, 0.1) is 6.10 Å². The third-order valence-corrected chi connectivity index (χ3v) is 8.86. The van der Waals surface area contributed by atoms with Crippen LogP contribution in [0.4, 0.5) is 0 Å². The Labute approximate surface area is 140 Å². The first-order valence-corrected chi connectivity index (χ1v) is 9.76. The van der Waals surface area contributed by atoms with Crippen LogP contribution in [0.25, 0.3) is 5.53 Å². The molecule has 0 bridgehead atoms. The van der Waals surface area contributed by atoms with Gasteiger partial charge in [-0.05, 0) is 98.3 Å². The van der Waals surface area contributed by atoms with Gasteiger partial charge in [-0.2, -0.15) is 0 Å². The second-order valence-electron chi connectivity index (χ2n) is 9.49. The number of hydrogen-bond acceptors (Lipinski definition) is 2. The summed E-state index contributed by atoms with van der Waals surface area (Å²) in [6, 6.07) is 0.358. The molecule has 4 aliphatic rings. The minimum atomic E-state index is -0.0647. The van der Waals surface area contributed by atoms with Crippen molar-refractivity contribution in [2.24, 2.45) is 39.7 Å². The monoisotopic (exact) mass is 318 g/mol. The SMILES string of the molecule is C[C@]12CC[C@@H](NN=[N-])C[C@@H]1CC[C@@H]1[C@H]3CC[C@@H](O)[C@@]3(C)CC[C@@H]12. The molecule has 4 heteroatoms. The molecule has 130 valence electrons. The van der Waals surface area contributed by atoms with Crippen molar-refractivity contribution in [2.75, 3.05) is 0 Å². The number of nitrogens with zero attached hydrogens (tertiary/aromatic N) is 2. The first-order chi connectivity index (χ1) is 11.0. The quantitative estimate of drug-likeness (QED) is 0.589. The molecule has 0 amide bonds. The zero-order chi connectivity index (χ0) is 16.2. The van der Waals surface area contributed by atoms with Crippen molar-refractivity contribution >= 4 is 0 Å². The molecule has 0 heterocycles. The van der Waals surface area contributed by atoms with Gasteiger partial charge in [0.15, 0.2) is 0 Å². The normalized spacial score (nSPS) is 55.4. The van der Waals surface area contributed by atoms with Crippen molar-refractivity contribution in [3.63, 3.8) is 0 Å². The molecule has 2 N–H and O–H groups in total. The maximum atomic E-state index is 10.5. The molecule has 0 aromatic heterocycles. The van der Waals surface area contributed by atoms with Crippen molar-refractivity contribution in [3.05, 3.63) is 5.53 Å². The largest absolute Gasteiger partial charge is 0.411 e. The van der Waals surface area contributed by atoms with E-state index in [1.807, 2.05) is 0 Å². The van der Waals surface area contributed by atoms with Gasteiger partial charge in [0.1, 0.15) is 0 Å². The molecule has 0 aromatic carbocycles. The smallest absolute Gasteiger partial charge is 0.0596 e. The van der Waals surface area contributed by atoms with Crippen LogP contribution in [0.5, 0.6) is 0 Å². The zero-order valence-corrected chi connectivity index (χ0v) is 14.7. The van der Waals surface area contributed by atoms with Crippen LogP contribution in [-0.2, 0) is 0 Å². The molecular weight excluding hydrogens is 286 g/mol. The maximum Gasteiger partial charge on any atom is 0.0596 e. The lowest BCUT2D eigenvalue weighted by atomic mass is 9.45. The molecule has 0 aromatic rings. The van der Waals surface area contributed by atoms with Crippen LogP contribution in [0.2, 0.25) is 0 Å². The van der Waals surface area contributed by atoms with Crippen LogP contribution >= 0.6 is 0 Å². The summed E-state index contributed by atoms with van der Waals surface area (Å²) in [5.41, 5.74) is 12.4. The molecule has 4 rings (SSSR count). The summed E-state index contributed by atoms with van der Waals surface area (Å²) in [6.07, 6.45) is 11.0. The van der Waals surface area contributed by atoms with Crippen molar-refractivity contribution < 1.29 is 5.11 Å². The van der Waals surface area contributed by atoms with Crippen LogP contribution in [0.3, 0.4) is 0 Å². The van der Waals surface area contributed by atoms with Crippen molar-refractivity contribution in [2.45, 2.75) is 83.8 Å². The summed E-state index contributed by atoms with van der Waals surface area (Å²) in [4.78, 5) is 0. The molecule has 8 atom stereocenters. The number of hydrogen-bond donors (Lipinski definition) is 2. The van der Waals surface area contributed by atoms with Crippen molar-refractivity contribution in [1.29, 1.82) is 0 Å². The third kappa shape index (κ3) is 2.20. The Bertz CT molecular complexity index is 483. The second kappa shape index (κ2) is 5.44. The van der Waals surface area contributed by atoms with E-state index in [9.17, 15) is 5.11 Å². The summed E-state index contributed by atoms with van der Waals surface area (Å²) in [5, 5.41) is 13.7. The highest BCUT2D eigenvalue weighted by atomic mass is 16.3. The predicted molar refractivity (Wildman–Crippen MR) is 90.4 cm³/mol. The van der Waals surface area contributed by atoms with E-state index in [4.69, 9.17) is 5.53 Å². The molecule has 0 radical (unpaired) electrons. The number of rotatable bonds is 2. The fourth-order valence-electron chi connectivity index (χ4n) is 7.43. The molecule has 4 nitrogen and oxygen atoms in total. The number of fused-ring (bicyclic) bond motifs is 5. The van der Waals surface area contributed by atoms with Gasteiger partial charge < -0.3 is 16.1 Å². The first-order valence-electron chi connectivity index (χ1n) is 9.76. The van der Waals surface area contributed by atoms with Gasteiger partial charge in [-0.15, -0.1) is 0 Å². The minimum Gasteiger partial charge on any atom is -0.411 e. The van der Waals surface area contributed by atoms with E-state index >= 15 is 0 Å². The second-order valence-corrected chi connectivity index (χ2v) is 9.49. The van der Waals surface area contributed by atoms with Crippen LogP contribution in [0.15, 0.2) is 5.22 Å². The maximum absolute atomic E-state index is 10.5. The van der Waals surface area contributed by atoms with Gasteiger partial charge in [0, 0.05) is 0 Å². The summed E-state index contributed by atoms with van der Waals surface area (Å²) in [5.74, 6) is 3.19. The van der Waals surface area contributed by atoms with Crippen molar-refractivity contribution in [1.82, 2.24) is 5.43 Å². The molecule has 4 aliphatic carbocycles. The summed E-state index contributed by atoms with van der Waals surface area (Å²) in [6.45, 7) is 4.92. The van der Waals surface area contributed by atoms with E-state index in [0.29, 0.717) is 11.5 Å². The minimum absolute atomic E-state index is 0.0647. The van der Waals surface area contributed by atoms with E-state index in [1.165, 1.54) is 38.5 Å². The van der Waals surface area contributed by atoms with Gasteiger partial charge in [-0.25, -0.2) is 0 Å². The molecule has 0 saturated heterocycles. The van der Waals surface area contributed by atoms with Crippen LogP contribution in [-0.4, -0.2) is 17.3 Å². The Kier molecular flexibility index (Phi) is 3.75. The summed E-state index contributed by atoms with van der Waals surface area (Å²) < 4.78 is 0. The Morgan fingerprint density at radius 2 is 1.70 bits per heavy atom. The van der Waals surface area contributed by atoms with Gasteiger partial charge in [0.25, 0.3) is 0 Å². The van der Waals surface area contributed by atoms with Gasteiger partial charge in [-0.3, -0.25) is 5.22 Å². The Balaban J connectivity index is 1.56. The Morgan fingerprint density at radius 1 is 0.957 bits per heavy atom. The van der Waals surface area contributed by atoms with E-state index in [-0.39, 0.29) is 11.5 Å². The van der Waals surface area contributed by atoms with E-state index in [1.54, 1.807) is 0 Å². The molecule has 0 unspecified atom stereocenters. The summed E-state index contributed by atoms with van der Waals surface area (Å²) >= 11 is 0. The highest BCUT2D eigenvalue weighted by Crippen LogP contribution is 2.66. The Hall–Kier alpha value is -0.640. The highest BCUT2D eigenvalue weighted by Gasteiger charge is 2.59. The number of aliphatic hydroxyl groups is 1. The molecular formula is C19H32N3O-. The molecule has 4 saturated carbocycles. The Morgan fingerprint density at radius 3 is 2.48 bits per heavy atom. The van der Waals surface area contributed by atoms with Crippen LogP contribution in [0.1, 0.15) is 71.6 Å². The van der Waals surface area contributed by atoms with Crippen LogP contribution < -0.4 is 5.43 Å². The van der Waals surface area contributed by atoms with Gasteiger partial charge >= 0.3 is 0 Å². The van der Waals surface area contributed by atoms with E-state index < -0.39 is 0 Å². The van der Waals surface area contributed by atoms with E-state index in [2.05, 4.69) is 24.5 Å². The predicted octanol–water partition coefficient (Wildman–Crippen LogP) is 4.28. The lowest BCUT2D eigenvalue weighted by Gasteiger charge is -2.61. The summed E-state index contributed by atoms with van der Waals surface area (Å²) in [7, 11) is 0. The lowest BCUT2D eigenvalue weighted by Crippen LogP contribution is -2.55. The lowest BCUT2D eigenvalue weighted by molar-refractivity contribution is -0.123. The fourth-order valence-corrected chi connectivity index (χ4v) is 7.43. The van der Waals surface area contributed by atoms with Gasteiger partial charge in [0.2, 0.25) is 0 Å². The molecule has 0 aliphatic heterocycles. The topological polar surface area (TPSA) is 66.9 Å².